The van der Waals surface area contributed by atoms with Crippen molar-refractivity contribution in [3.8, 4) is 0 Å². The molecule has 0 atom stereocenters. The number of hydrogen-bond donors (Lipinski definition) is 1. The van der Waals surface area contributed by atoms with Gasteiger partial charge in [0.2, 0.25) is 0 Å². The summed E-state index contributed by atoms with van der Waals surface area (Å²) in [5.74, 6) is 0. The lowest BCUT2D eigenvalue weighted by Gasteiger charge is -1.97. The van der Waals surface area contributed by atoms with Crippen LogP contribution in [-0.4, -0.2) is 18.2 Å². The SMILES string of the molecule is Cn1ncc(Cl)c1S(N)(=O)=O. The van der Waals surface area contributed by atoms with Gasteiger partial charge in [0.1, 0.15) is 0 Å². The molecule has 0 saturated heterocycles. The number of hydrogen-bond acceptors (Lipinski definition) is 3. The minimum absolute atomic E-state index is 0.0370. The molecule has 1 aromatic rings. The van der Waals surface area contributed by atoms with E-state index < -0.39 is 10.0 Å². The number of aryl methyl sites for hydroxylation is 1. The summed E-state index contributed by atoms with van der Waals surface area (Å²) >= 11 is 5.49. The Morgan fingerprint density at radius 2 is 2.27 bits per heavy atom. The van der Waals surface area contributed by atoms with Gasteiger partial charge in [0, 0.05) is 7.05 Å². The van der Waals surface area contributed by atoms with E-state index in [0.717, 1.165) is 4.68 Å². The van der Waals surface area contributed by atoms with E-state index >= 15 is 0 Å². The van der Waals surface area contributed by atoms with Gasteiger partial charge < -0.3 is 0 Å². The molecule has 0 aliphatic carbocycles. The van der Waals surface area contributed by atoms with E-state index in [2.05, 4.69) is 5.10 Å². The van der Waals surface area contributed by atoms with Crippen molar-refractivity contribution >= 4 is 21.6 Å². The van der Waals surface area contributed by atoms with E-state index in [0.29, 0.717) is 0 Å². The summed E-state index contributed by atoms with van der Waals surface area (Å²) in [7, 11) is -2.30. The third-order valence-electron chi connectivity index (χ3n) is 1.11. The summed E-state index contributed by atoms with van der Waals surface area (Å²) < 4.78 is 22.6. The molecular weight excluding hydrogens is 190 g/mol. The quantitative estimate of drug-likeness (QED) is 0.670. The third-order valence-corrected chi connectivity index (χ3v) is 2.52. The van der Waals surface area contributed by atoms with Gasteiger partial charge in [0.15, 0.2) is 5.03 Å². The molecule has 5 nitrogen and oxygen atoms in total. The monoisotopic (exact) mass is 195 g/mol. The van der Waals surface area contributed by atoms with E-state index in [1.165, 1.54) is 13.2 Å². The predicted octanol–water partition coefficient (Wildman–Crippen LogP) is -0.279. The first kappa shape index (κ1) is 8.51. The van der Waals surface area contributed by atoms with Crippen molar-refractivity contribution in [2.75, 3.05) is 0 Å². The minimum Gasteiger partial charge on any atom is -0.255 e. The van der Waals surface area contributed by atoms with Gasteiger partial charge in [0.25, 0.3) is 10.0 Å². The Bertz CT molecular complexity index is 349. The average molecular weight is 196 g/mol. The Morgan fingerprint density at radius 1 is 1.73 bits per heavy atom. The van der Waals surface area contributed by atoms with Crippen LogP contribution in [0.25, 0.3) is 0 Å². The second kappa shape index (κ2) is 2.47. The molecule has 1 heterocycles. The number of halogens is 1. The molecule has 0 fully saturated rings. The highest BCUT2D eigenvalue weighted by molar-refractivity contribution is 7.89. The zero-order chi connectivity index (χ0) is 8.65. The van der Waals surface area contributed by atoms with Crippen molar-refractivity contribution in [3.05, 3.63) is 11.2 Å². The van der Waals surface area contributed by atoms with Crippen LogP contribution in [0, 0.1) is 0 Å². The molecule has 1 rings (SSSR count). The zero-order valence-corrected chi connectivity index (χ0v) is 7.22. The maximum Gasteiger partial charge on any atom is 0.256 e. The topological polar surface area (TPSA) is 78.0 Å². The van der Waals surface area contributed by atoms with Crippen molar-refractivity contribution in [2.24, 2.45) is 12.2 Å². The summed E-state index contributed by atoms with van der Waals surface area (Å²) in [4.78, 5) is 0. The Kier molecular flexibility index (Phi) is 1.91. The minimum atomic E-state index is -3.75. The second-order valence-electron chi connectivity index (χ2n) is 1.97. The zero-order valence-electron chi connectivity index (χ0n) is 5.65. The molecule has 0 saturated carbocycles. The maximum atomic E-state index is 10.8. The normalized spacial score (nSPS) is 11.9. The van der Waals surface area contributed by atoms with Crippen molar-refractivity contribution < 1.29 is 8.42 Å². The van der Waals surface area contributed by atoms with Crippen molar-refractivity contribution in [1.82, 2.24) is 9.78 Å². The fourth-order valence-corrected chi connectivity index (χ4v) is 1.95. The molecule has 0 radical (unpaired) electrons. The van der Waals surface area contributed by atoms with Crippen molar-refractivity contribution in [2.45, 2.75) is 5.03 Å². The fraction of sp³-hybridized carbons (Fsp3) is 0.250. The lowest BCUT2D eigenvalue weighted by atomic mass is 10.7. The van der Waals surface area contributed by atoms with Gasteiger partial charge in [-0.3, -0.25) is 4.68 Å². The molecule has 0 aliphatic rings. The van der Waals surface area contributed by atoms with E-state index in [1.54, 1.807) is 0 Å². The first-order chi connectivity index (χ1) is 4.93. The van der Waals surface area contributed by atoms with Gasteiger partial charge in [-0.15, -0.1) is 0 Å². The smallest absolute Gasteiger partial charge is 0.255 e. The van der Waals surface area contributed by atoms with Crippen LogP contribution in [0.3, 0.4) is 0 Å². The van der Waals surface area contributed by atoms with Crippen LogP contribution in [0.2, 0.25) is 5.02 Å². The molecular formula is C4H6ClN3O2S. The number of sulfonamides is 1. The Hall–Kier alpha value is -0.590. The van der Waals surface area contributed by atoms with Crippen molar-refractivity contribution in [1.29, 1.82) is 0 Å². The van der Waals surface area contributed by atoms with Crippen LogP contribution in [0.4, 0.5) is 0 Å². The lowest BCUT2D eigenvalue weighted by molar-refractivity contribution is 0.578. The molecule has 7 heteroatoms. The average Bonchev–Trinajstić information content (AvgIpc) is 2.08. The van der Waals surface area contributed by atoms with Gasteiger partial charge in [-0.25, -0.2) is 13.6 Å². The second-order valence-corrected chi connectivity index (χ2v) is 3.85. The van der Waals surface area contributed by atoms with Crippen molar-refractivity contribution in [3.63, 3.8) is 0 Å². The van der Waals surface area contributed by atoms with Crippen LogP contribution in [0.5, 0.6) is 0 Å². The number of primary sulfonamides is 1. The summed E-state index contributed by atoms with van der Waals surface area (Å²) in [6.45, 7) is 0. The summed E-state index contributed by atoms with van der Waals surface area (Å²) in [6, 6.07) is 0. The van der Waals surface area contributed by atoms with Gasteiger partial charge >= 0.3 is 0 Å². The molecule has 0 aliphatic heterocycles. The molecule has 0 amide bonds. The number of rotatable bonds is 1. The van der Waals surface area contributed by atoms with E-state index in [1.807, 2.05) is 0 Å². The van der Waals surface area contributed by atoms with Gasteiger partial charge in [-0.05, 0) is 0 Å². The van der Waals surface area contributed by atoms with E-state index in [4.69, 9.17) is 16.7 Å². The first-order valence-corrected chi connectivity index (χ1v) is 4.55. The van der Waals surface area contributed by atoms with E-state index in [-0.39, 0.29) is 10.0 Å². The molecule has 62 valence electrons. The molecule has 2 N–H and O–H groups in total. The Morgan fingerprint density at radius 3 is 2.45 bits per heavy atom. The predicted molar refractivity (Wildman–Crippen MR) is 39.6 cm³/mol. The third kappa shape index (κ3) is 1.52. The highest BCUT2D eigenvalue weighted by atomic mass is 35.5. The Balaban J connectivity index is 3.45. The van der Waals surface area contributed by atoms with Gasteiger partial charge in [-0.2, -0.15) is 5.10 Å². The summed E-state index contributed by atoms with van der Waals surface area (Å²) in [5, 5.41) is 8.31. The van der Waals surface area contributed by atoms with Gasteiger partial charge in [0.05, 0.1) is 11.2 Å². The van der Waals surface area contributed by atoms with Crippen LogP contribution < -0.4 is 5.14 Å². The summed E-state index contributed by atoms with van der Waals surface area (Å²) in [6.07, 6.45) is 1.22. The van der Waals surface area contributed by atoms with Crippen LogP contribution in [-0.2, 0) is 17.1 Å². The van der Waals surface area contributed by atoms with Crippen LogP contribution in [0.15, 0.2) is 11.2 Å². The maximum absolute atomic E-state index is 10.8. The molecule has 1 aromatic heterocycles. The van der Waals surface area contributed by atoms with E-state index in [9.17, 15) is 8.42 Å². The lowest BCUT2D eigenvalue weighted by Crippen LogP contribution is -2.16. The highest BCUT2D eigenvalue weighted by Crippen LogP contribution is 2.17. The number of aromatic nitrogens is 2. The number of nitrogens with two attached hydrogens (primary N) is 1. The molecule has 11 heavy (non-hydrogen) atoms. The highest BCUT2D eigenvalue weighted by Gasteiger charge is 2.17. The fourth-order valence-electron chi connectivity index (χ4n) is 0.720. The Labute approximate surface area is 68.8 Å². The molecule has 0 aromatic carbocycles. The van der Waals surface area contributed by atoms with Crippen LogP contribution >= 0.6 is 11.6 Å². The molecule has 0 spiro atoms. The molecule has 0 unspecified atom stereocenters. The standard InChI is InChI=1S/C4H6ClN3O2S/c1-8-4(11(6,9)10)3(5)2-7-8/h2H,1H3,(H2,6,9,10). The number of nitrogens with zero attached hydrogens (tertiary/aromatic N) is 2. The summed E-state index contributed by atoms with van der Waals surface area (Å²) in [5.41, 5.74) is 0. The largest absolute Gasteiger partial charge is 0.256 e. The first-order valence-electron chi connectivity index (χ1n) is 2.63. The van der Waals surface area contributed by atoms with Crippen LogP contribution in [0.1, 0.15) is 0 Å². The van der Waals surface area contributed by atoms with Gasteiger partial charge in [-0.1, -0.05) is 11.6 Å². The molecule has 0 bridgehead atoms.